The van der Waals surface area contributed by atoms with Gasteiger partial charge in [-0.05, 0) is 32.0 Å². The van der Waals surface area contributed by atoms with Gasteiger partial charge < -0.3 is 34.3 Å². The van der Waals surface area contributed by atoms with Crippen LogP contribution in [0.1, 0.15) is 20.8 Å². The number of rotatable bonds is 5. The molecule has 2 heterocycles. The molecule has 31 heavy (non-hydrogen) atoms. The third-order valence-corrected chi connectivity index (χ3v) is 4.98. The van der Waals surface area contributed by atoms with Crippen LogP contribution >= 0.6 is 0 Å². The Morgan fingerprint density at radius 1 is 1.29 bits per heavy atom. The Kier molecular flexibility index (Phi) is 6.20. The second kappa shape index (κ2) is 8.53. The fraction of sp³-hybridized carbons (Fsp3) is 0.450. The van der Waals surface area contributed by atoms with Gasteiger partial charge in [-0.2, -0.15) is 0 Å². The van der Waals surface area contributed by atoms with Crippen molar-refractivity contribution < 1.29 is 38.5 Å². The topological polar surface area (TPSA) is 148 Å². The molecule has 0 bridgehead atoms. The maximum atomic E-state index is 12.0. The number of nitrogens with zero attached hydrogens (tertiary/aromatic N) is 1. The zero-order chi connectivity index (χ0) is 22.9. The smallest absolute Gasteiger partial charge is 0.441 e. The summed E-state index contributed by atoms with van der Waals surface area (Å²) in [5.41, 5.74) is -1.49. The summed E-state index contributed by atoms with van der Waals surface area (Å²) in [6.45, 7) is 4.60. The maximum absolute atomic E-state index is 12.0. The van der Waals surface area contributed by atoms with Crippen LogP contribution in [0.2, 0.25) is 0 Å². The highest BCUT2D eigenvalue weighted by Crippen LogP contribution is 2.31. The molecule has 0 radical (unpaired) electrons. The molecule has 1 fully saturated rings. The molecule has 1 aliphatic rings. The summed E-state index contributed by atoms with van der Waals surface area (Å²) < 4.78 is 16.2. The van der Waals surface area contributed by atoms with Gasteiger partial charge in [0.1, 0.15) is 29.5 Å². The van der Waals surface area contributed by atoms with Crippen molar-refractivity contribution in [3.8, 4) is 5.75 Å². The third-order valence-electron chi connectivity index (χ3n) is 4.98. The van der Waals surface area contributed by atoms with Gasteiger partial charge in [0.05, 0.1) is 12.2 Å². The summed E-state index contributed by atoms with van der Waals surface area (Å²) in [6, 6.07) is 4.70. The van der Waals surface area contributed by atoms with Crippen molar-refractivity contribution in [3.05, 3.63) is 34.7 Å². The summed E-state index contributed by atoms with van der Waals surface area (Å²) in [7, 11) is 1.40. The van der Waals surface area contributed by atoms with Gasteiger partial charge in [0.2, 0.25) is 5.91 Å². The first-order chi connectivity index (χ1) is 14.5. The lowest BCUT2D eigenvalue weighted by atomic mass is 9.89. The molecule has 168 valence electrons. The lowest BCUT2D eigenvalue weighted by Gasteiger charge is -2.46. The molecule has 3 N–H and O–H groups in total. The number of carbonyl (C=O) groups excluding carboxylic acids is 1. The number of aliphatic hydroxyl groups is 1. The van der Waals surface area contributed by atoms with Crippen molar-refractivity contribution in [1.82, 2.24) is 5.06 Å². The number of fused-ring (bicyclic) bond motifs is 1. The van der Waals surface area contributed by atoms with Crippen LogP contribution in [0.15, 0.2) is 33.5 Å². The quantitative estimate of drug-likeness (QED) is 0.469. The number of methoxy groups -OCH3 is 1. The van der Waals surface area contributed by atoms with Crippen LogP contribution in [-0.2, 0) is 14.3 Å². The minimum Gasteiger partial charge on any atom is -0.463 e. The van der Waals surface area contributed by atoms with Gasteiger partial charge >= 0.3 is 11.7 Å². The number of anilines is 1. The third kappa shape index (κ3) is 4.63. The maximum Gasteiger partial charge on any atom is 0.441 e. The second-order valence-electron chi connectivity index (χ2n) is 7.66. The molecule has 0 aliphatic carbocycles. The standard InChI is InChI=1S/C20H24N2O9/c1-10(23)21-13-7-11-5-6-12(8-15(11)30-18(13)25)31-22(19(26)27)14-9-29-20(2,3)17(28-4)16(14)24/h5-8,14,16-17,24H,9H2,1-4H3,(H,21,23)(H,26,27)/t14-,16-,17-/m1/s1. The number of benzene rings is 1. The predicted octanol–water partition coefficient (Wildman–Crippen LogP) is 1.58. The van der Waals surface area contributed by atoms with Gasteiger partial charge in [-0.25, -0.2) is 9.59 Å². The van der Waals surface area contributed by atoms with E-state index in [4.69, 9.17) is 18.7 Å². The Labute approximate surface area is 177 Å². The van der Waals surface area contributed by atoms with Gasteiger partial charge in [0.15, 0.2) is 5.75 Å². The van der Waals surface area contributed by atoms with Crippen LogP contribution in [0.4, 0.5) is 10.5 Å². The molecule has 0 spiro atoms. The molecule has 0 saturated carbocycles. The monoisotopic (exact) mass is 436 g/mol. The Morgan fingerprint density at radius 2 is 2.00 bits per heavy atom. The van der Waals surface area contributed by atoms with E-state index >= 15 is 0 Å². The first-order valence-electron chi connectivity index (χ1n) is 9.44. The largest absolute Gasteiger partial charge is 0.463 e. The molecule has 1 aliphatic heterocycles. The number of ether oxygens (including phenoxy) is 2. The van der Waals surface area contributed by atoms with Crippen molar-refractivity contribution in [2.75, 3.05) is 19.0 Å². The van der Waals surface area contributed by atoms with E-state index < -0.39 is 41.5 Å². The molecule has 2 aromatic rings. The Balaban J connectivity index is 1.88. The number of nitrogens with one attached hydrogen (secondary N) is 1. The molecule has 1 aromatic carbocycles. The van der Waals surface area contributed by atoms with Crippen molar-refractivity contribution in [3.63, 3.8) is 0 Å². The van der Waals surface area contributed by atoms with Gasteiger partial charge in [-0.3, -0.25) is 4.79 Å². The van der Waals surface area contributed by atoms with E-state index in [1.807, 2.05) is 0 Å². The summed E-state index contributed by atoms with van der Waals surface area (Å²) in [6.07, 6.45) is -3.47. The molecule has 3 atom stereocenters. The Hall–Kier alpha value is -3.15. The lowest BCUT2D eigenvalue weighted by molar-refractivity contribution is -0.241. The highest BCUT2D eigenvalue weighted by atomic mass is 16.7. The number of hydroxylamine groups is 2. The molecule has 0 unspecified atom stereocenters. The van der Waals surface area contributed by atoms with Crippen LogP contribution in [0.5, 0.6) is 5.75 Å². The number of amides is 2. The molecule has 1 saturated heterocycles. The Bertz CT molecular complexity index is 1050. The van der Waals surface area contributed by atoms with E-state index in [1.54, 1.807) is 13.8 Å². The first kappa shape index (κ1) is 22.5. The Morgan fingerprint density at radius 3 is 2.61 bits per heavy atom. The average Bonchev–Trinajstić information content (AvgIpc) is 2.67. The van der Waals surface area contributed by atoms with Gasteiger partial charge in [-0.1, -0.05) is 0 Å². The lowest BCUT2D eigenvalue weighted by Crippen LogP contribution is -2.64. The fourth-order valence-corrected chi connectivity index (χ4v) is 3.51. The predicted molar refractivity (Wildman–Crippen MR) is 108 cm³/mol. The summed E-state index contributed by atoms with van der Waals surface area (Å²) in [5.74, 6) is -0.370. The van der Waals surface area contributed by atoms with Crippen molar-refractivity contribution in [2.45, 2.75) is 44.6 Å². The van der Waals surface area contributed by atoms with Gasteiger partial charge in [0, 0.05) is 25.5 Å². The molecule has 3 rings (SSSR count). The molecule has 11 nitrogen and oxygen atoms in total. The number of hydrogen-bond acceptors (Lipinski definition) is 8. The number of carboxylic acid groups (broad SMARTS) is 1. The molecule has 11 heteroatoms. The average molecular weight is 436 g/mol. The van der Waals surface area contributed by atoms with E-state index in [-0.39, 0.29) is 23.6 Å². The van der Waals surface area contributed by atoms with Crippen LogP contribution < -0.4 is 15.8 Å². The van der Waals surface area contributed by atoms with Crippen molar-refractivity contribution in [1.29, 1.82) is 0 Å². The number of aliphatic hydroxyl groups excluding tert-OH is 1. The van der Waals surface area contributed by atoms with Crippen LogP contribution in [0.25, 0.3) is 11.0 Å². The number of hydrogen-bond donors (Lipinski definition) is 3. The van der Waals surface area contributed by atoms with Crippen molar-refractivity contribution >= 4 is 28.7 Å². The zero-order valence-corrected chi connectivity index (χ0v) is 17.4. The van der Waals surface area contributed by atoms with E-state index in [0.29, 0.717) is 10.4 Å². The first-order valence-corrected chi connectivity index (χ1v) is 9.44. The molecular formula is C20H24N2O9. The fourth-order valence-electron chi connectivity index (χ4n) is 3.51. The van der Waals surface area contributed by atoms with Gasteiger partial charge in [-0.15, -0.1) is 5.06 Å². The van der Waals surface area contributed by atoms with E-state index in [1.165, 1.54) is 38.3 Å². The van der Waals surface area contributed by atoms with E-state index in [9.17, 15) is 24.6 Å². The summed E-state index contributed by atoms with van der Waals surface area (Å²) in [5, 5.41) is 23.8. The normalized spacial score (nSPS) is 22.7. The van der Waals surface area contributed by atoms with Crippen LogP contribution in [0.3, 0.4) is 0 Å². The number of carbonyl (C=O) groups is 2. The molecule has 1 aromatic heterocycles. The molecular weight excluding hydrogens is 412 g/mol. The molecule has 2 amide bonds. The highest BCUT2D eigenvalue weighted by Gasteiger charge is 2.49. The minimum absolute atomic E-state index is 0.0171. The second-order valence-corrected chi connectivity index (χ2v) is 7.66. The summed E-state index contributed by atoms with van der Waals surface area (Å²) in [4.78, 5) is 40.6. The van der Waals surface area contributed by atoms with Crippen molar-refractivity contribution in [2.24, 2.45) is 0 Å². The minimum atomic E-state index is -1.45. The summed E-state index contributed by atoms with van der Waals surface area (Å²) >= 11 is 0. The highest BCUT2D eigenvalue weighted by molar-refractivity contribution is 5.91. The SMILES string of the molecule is CO[C@@H]1[C@H](O)[C@H](N(Oc2ccc3cc(NC(C)=O)c(=O)oc3c2)C(=O)O)COC1(C)C. The van der Waals surface area contributed by atoms with Crippen LogP contribution in [0, 0.1) is 0 Å². The van der Waals surface area contributed by atoms with Gasteiger partial charge in [0.25, 0.3) is 0 Å². The zero-order valence-electron chi connectivity index (χ0n) is 17.4. The van der Waals surface area contributed by atoms with Crippen LogP contribution in [-0.4, -0.2) is 64.8 Å². The van der Waals surface area contributed by atoms with E-state index in [0.717, 1.165) is 0 Å². The van der Waals surface area contributed by atoms with E-state index in [2.05, 4.69) is 5.32 Å².